The number of benzene rings is 2. The standard InChI is InChI=1S/C24H21F3N4O3/c1-31-22(13-21(30-31)24(25,26)27)29-23(32)17-4-3-16-11-18(14-28-20(16)12-17)15-5-7-19(8-6-15)34-10-9-33-2/h3-8,11-14H,9-10H2,1-2H3,(H,29,32). The van der Waals surface area contributed by atoms with E-state index >= 15 is 0 Å². The van der Waals surface area contributed by atoms with Crippen molar-refractivity contribution in [2.75, 3.05) is 25.6 Å². The van der Waals surface area contributed by atoms with Gasteiger partial charge >= 0.3 is 6.18 Å². The van der Waals surface area contributed by atoms with Crippen LogP contribution < -0.4 is 10.1 Å². The maximum atomic E-state index is 12.8. The summed E-state index contributed by atoms with van der Waals surface area (Å²) in [6.45, 7) is 0.973. The van der Waals surface area contributed by atoms with Crippen LogP contribution in [0.3, 0.4) is 0 Å². The van der Waals surface area contributed by atoms with E-state index in [9.17, 15) is 18.0 Å². The van der Waals surface area contributed by atoms with E-state index < -0.39 is 17.8 Å². The van der Waals surface area contributed by atoms with Crippen LogP contribution in [0, 0.1) is 0 Å². The molecule has 7 nitrogen and oxygen atoms in total. The molecular formula is C24H21F3N4O3. The largest absolute Gasteiger partial charge is 0.491 e. The number of amides is 1. The molecule has 176 valence electrons. The van der Waals surface area contributed by atoms with Gasteiger partial charge in [-0.2, -0.15) is 18.3 Å². The van der Waals surface area contributed by atoms with Gasteiger partial charge < -0.3 is 14.8 Å². The number of hydrogen-bond donors (Lipinski definition) is 1. The van der Waals surface area contributed by atoms with E-state index in [0.717, 1.165) is 33.0 Å². The number of ether oxygens (including phenoxy) is 2. The average Bonchev–Trinajstić information content (AvgIpc) is 3.19. The predicted octanol–water partition coefficient (Wildman–Crippen LogP) is 4.93. The number of nitrogens with zero attached hydrogens (tertiary/aromatic N) is 3. The number of rotatable bonds is 7. The molecule has 0 spiro atoms. The molecule has 0 saturated carbocycles. The molecule has 4 aromatic rings. The Labute approximate surface area is 193 Å². The lowest BCUT2D eigenvalue weighted by Gasteiger charge is -2.08. The molecule has 0 aliphatic heterocycles. The number of halogens is 3. The van der Waals surface area contributed by atoms with Crippen molar-refractivity contribution in [2.24, 2.45) is 7.05 Å². The van der Waals surface area contributed by atoms with Gasteiger partial charge in [0.15, 0.2) is 5.69 Å². The van der Waals surface area contributed by atoms with Gasteiger partial charge in [-0.1, -0.05) is 18.2 Å². The molecule has 2 heterocycles. The average molecular weight is 470 g/mol. The molecule has 0 aliphatic rings. The molecule has 0 radical (unpaired) electrons. The Bertz CT molecular complexity index is 1320. The molecular weight excluding hydrogens is 449 g/mol. The molecule has 10 heteroatoms. The second kappa shape index (κ2) is 9.52. The van der Waals surface area contributed by atoms with Crippen LogP contribution in [0.1, 0.15) is 16.1 Å². The highest BCUT2D eigenvalue weighted by molar-refractivity contribution is 6.05. The summed E-state index contributed by atoms with van der Waals surface area (Å²) in [4.78, 5) is 17.1. The molecule has 2 aromatic heterocycles. The predicted molar refractivity (Wildman–Crippen MR) is 121 cm³/mol. The Hall–Kier alpha value is -3.92. The van der Waals surface area contributed by atoms with Crippen LogP contribution in [0.25, 0.3) is 22.0 Å². The maximum Gasteiger partial charge on any atom is 0.435 e. The van der Waals surface area contributed by atoms with E-state index in [0.29, 0.717) is 18.7 Å². The molecule has 2 aromatic carbocycles. The zero-order valence-electron chi connectivity index (χ0n) is 18.4. The molecule has 0 fully saturated rings. The van der Waals surface area contributed by atoms with Crippen molar-refractivity contribution in [2.45, 2.75) is 6.18 Å². The minimum atomic E-state index is -4.59. The minimum absolute atomic E-state index is 0.0598. The van der Waals surface area contributed by atoms with Crippen molar-refractivity contribution >= 4 is 22.6 Å². The Morgan fingerprint density at radius 1 is 1.03 bits per heavy atom. The summed E-state index contributed by atoms with van der Waals surface area (Å²) < 4.78 is 50.0. The van der Waals surface area contributed by atoms with Gasteiger partial charge in [-0.3, -0.25) is 14.5 Å². The Morgan fingerprint density at radius 2 is 1.79 bits per heavy atom. The number of nitrogens with one attached hydrogen (secondary N) is 1. The number of hydrogen-bond acceptors (Lipinski definition) is 5. The molecule has 1 N–H and O–H groups in total. The molecule has 1 amide bonds. The smallest absolute Gasteiger partial charge is 0.435 e. The lowest BCUT2D eigenvalue weighted by atomic mass is 10.0. The van der Waals surface area contributed by atoms with Crippen molar-refractivity contribution in [1.29, 1.82) is 0 Å². The van der Waals surface area contributed by atoms with Gasteiger partial charge in [-0.05, 0) is 35.9 Å². The third kappa shape index (κ3) is 5.18. The van der Waals surface area contributed by atoms with Gasteiger partial charge in [0, 0.05) is 42.9 Å². The number of carbonyl (C=O) groups is 1. The number of alkyl halides is 3. The van der Waals surface area contributed by atoms with Crippen molar-refractivity contribution in [3.05, 3.63) is 72.1 Å². The van der Waals surface area contributed by atoms with Crippen molar-refractivity contribution < 1.29 is 27.4 Å². The Balaban J connectivity index is 1.50. The van der Waals surface area contributed by atoms with Crippen LogP contribution in [-0.4, -0.2) is 41.0 Å². The van der Waals surface area contributed by atoms with Crippen LogP contribution in [-0.2, 0) is 18.0 Å². The van der Waals surface area contributed by atoms with Gasteiger partial charge in [0.25, 0.3) is 5.91 Å². The van der Waals surface area contributed by atoms with Gasteiger partial charge in [0.2, 0.25) is 0 Å². The quantitative estimate of drug-likeness (QED) is 0.388. The molecule has 34 heavy (non-hydrogen) atoms. The van der Waals surface area contributed by atoms with E-state index in [1.54, 1.807) is 31.5 Å². The van der Waals surface area contributed by atoms with Crippen molar-refractivity contribution in [3.8, 4) is 16.9 Å². The zero-order chi connectivity index (χ0) is 24.3. The summed E-state index contributed by atoms with van der Waals surface area (Å²) in [5.41, 5.74) is 1.61. The van der Waals surface area contributed by atoms with E-state index in [1.165, 1.54) is 7.05 Å². The number of aryl methyl sites for hydroxylation is 1. The van der Waals surface area contributed by atoms with E-state index in [1.807, 2.05) is 30.3 Å². The second-order valence-electron chi connectivity index (χ2n) is 7.49. The summed E-state index contributed by atoms with van der Waals surface area (Å²) in [5.74, 6) is 0.116. The van der Waals surface area contributed by atoms with Gasteiger partial charge in [0.05, 0.1) is 12.1 Å². The van der Waals surface area contributed by atoms with Crippen LogP contribution in [0.15, 0.2) is 60.8 Å². The SMILES string of the molecule is COCCOc1ccc(-c2cnc3cc(C(=O)Nc4cc(C(F)(F)F)nn4C)ccc3c2)cc1. The summed E-state index contributed by atoms with van der Waals surface area (Å²) in [6.07, 6.45) is -2.90. The van der Waals surface area contributed by atoms with Crippen LogP contribution in [0.5, 0.6) is 5.75 Å². The Kier molecular flexibility index (Phi) is 6.51. The number of anilines is 1. The number of carbonyl (C=O) groups excluding carboxylic acids is 1. The number of aromatic nitrogens is 3. The third-order valence-electron chi connectivity index (χ3n) is 5.10. The normalized spacial score (nSPS) is 11.6. The fourth-order valence-electron chi connectivity index (χ4n) is 3.32. The second-order valence-corrected chi connectivity index (χ2v) is 7.49. The molecule has 0 bridgehead atoms. The van der Waals surface area contributed by atoms with E-state index in [4.69, 9.17) is 9.47 Å². The van der Waals surface area contributed by atoms with Gasteiger partial charge in [0.1, 0.15) is 18.2 Å². The van der Waals surface area contributed by atoms with Crippen molar-refractivity contribution in [1.82, 2.24) is 14.8 Å². The summed E-state index contributed by atoms with van der Waals surface area (Å²) in [6, 6.07) is 15.2. The molecule has 4 rings (SSSR count). The minimum Gasteiger partial charge on any atom is -0.491 e. The van der Waals surface area contributed by atoms with Crippen LogP contribution >= 0.6 is 0 Å². The lowest BCUT2D eigenvalue weighted by Crippen LogP contribution is -2.14. The molecule has 0 saturated heterocycles. The first kappa shape index (κ1) is 23.2. The highest BCUT2D eigenvalue weighted by atomic mass is 19.4. The van der Waals surface area contributed by atoms with Crippen LogP contribution in [0.2, 0.25) is 0 Å². The third-order valence-corrected chi connectivity index (χ3v) is 5.10. The summed E-state index contributed by atoms with van der Waals surface area (Å²) in [5, 5.41) is 6.66. The fourth-order valence-corrected chi connectivity index (χ4v) is 3.32. The Morgan fingerprint density at radius 3 is 2.47 bits per heavy atom. The van der Waals surface area contributed by atoms with Crippen LogP contribution in [0.4, 0.5) is 19.0 Å². The first-order chi connectivity index (χ1) is 16.2. The van der Waals surface area contributed by atoms with E-state index in [2.05, 4.69) is 15.4 Å². The number of methoxy groups -OCH3 is 1. The molecule has 0 aliphatic carbocycles. The number of pyridine rings is 1. The van der Waals surface area contributed by atoms with Gasteiger partial charge in [-0.15, -0.1) is 0 Å². The first-order valence-electron chi connectivity index (χ1n) is 10.3. The molecule has 0 atom stereocenters. The lowest BCUT2D eigenvalue weighted by molar-refractivity contribution is -0.141. The highest BCUT2D eigenvalue weighted by Gasteiger charge is 2.34. The van der Waals surface area contributed by atoms with E-state index in [-0.39, 0.29) is 11.4 Å². The monoisotopic (exact) mass is 470 g/mol. The summed E-state index contributed by atoms with van der Waals surface area (Å²) >= 11 is 0. The highest BCUT2D eigenvalue weighted by Crippen LogP contribution is 2.30. The van der Waals surface area contributed by atoms with Crippen molar-refractivity contribution in [3.63, 3.8) is 0 Å². The van der Waals surface area contributed by atoms with Gasteiger partial charge in [-0.25, -0.2) is 0 Å². The molecule has 0 unspecified atom stereocenters. The maximum absolute atomic E-state index is 12.8. The first-order valence-corrected chi connectivity index (χ1v) is 10.3. The zero-order valence-corrected chi connectivity index (χ0v) is 18.4. The fraction of sp³-hybridized carbons (Fsp3) is 0.208. The topological polar surface area (TPSA) is 78.3 Å². The summed E-state index contributed by atoms with van der Waals surface area (Å²) in [7, 11) is 2.94. The number of fused-ring (bicyclic) bond motifs is 1.